The van der Waals surface area contributed by atoms with Crippen LogP contribution in [-0.2, 0) is 4.74 Å². The Hall–Kier alpha value is -1.26. The quantitative estimate of drug-likeness (QED) is 0.874. The second-order valence-corrected chi connectivity index (χ2v) is 5.81. The van der Waals surface area contributed by atoms with Crippen LogP contribution in [0.2, 0.25) is 0 Å². The summed E-state index contributed by atoms with van der Waals surface area (Å²) in [7, 11) is 5.53. The maximum atomic E-state index is 5.58. The van der Waals surface area contributed by atoms with E-state index in [-0.39, 0.29) is 6.04 Å². The molecule has 1 heterocycles. The zero-order chi connectivity index (χ0) is 15.2. The van der Waals surface area contributed by atoms with Crippen LogP contribution in [0.4, 0.5) is 5.69 Å². The highest BCUT2D eigenvalue weighted by Gasteiger charge is 2.24. The lowest BCUT2D eigenvalue weighted by molar-refractivity contribution is 0.143. The van der Waals surface area contributed by atoms with Crippen LogP contribution in [0, 0.1) is 5.92 Å². The van der Waals surface area contributed by atoms with Crippen molar-refractivity contribution in [3.63, 3.8) is 0 Å². The maximum absolute atomic E-state index is 5.58. The van der Waals surface area contributed by atoms with Crippen LogP contribution in [-0.4, -0.2) is 41.0 Å². The average Bonchev–Trinajstić information content (AvgIpc) is 2.54. The second kappa shape index (κ2) is 7.66. The molecule has 1 aliphatic rings. The fourth-order valence-corrected chi connectivity index (χ4v) is 3.22. The number of piperidine rings is 1. The molecule has 21 heavy (non-hydrogen) atoms. The van der Waals surface area contributed by atoms with Crippen molar-refractivity contribution in [2.24, 2.45) is 5.92 Å². The van der Waals surface area contributed by atoms with Gasteiger partial charge in [0.1, 0.15) is 5.75 Å². The Morgan fingerprint density at radius 2 is 2.19 bits per heavy atom. The summed E-state index contributed by atoms with van der Waals surface area (Å²) in [5.74, 6) is 1.58. The van der Waals surface area contributed by atoms with Crippen LogP contribution in [0.25, 0.3) is 0 Å². The second-order valence-electron chi connectivity index (χ2n) is 5.81. The lowest BCUT2D eigenvalue weighted by Crippen LogP contribution is -2.38. The first-order valence-corrected chi connectivity index (χ1v) is 7.79. The first kappa shape index (κ1) is 16.1. The molecule has 1 aliphatic heterocycles. The zero-order valence-corrected chi connectivity index (χ0v) is 13.7. The summed E-state index contributed by atoms with van der Waals surface area (Å²) in [6, 6.07) is 6.60. The van der Waals surface area contributed by atoms with Gasteiger partial charge in [-0.3, -0.25) is 0 Å². The molecule has 0 radical (unpaired) electrons. The molecule has 1 saturated heterocycles. The fraction of sp³-hybridized carbons (Fsp3) is 0.647. The first-order valence-electron chi connectivity index (χ1n) is 7.79. The Morgan fingerprint density at radius 3 is 2.86 bits per heavy atom. The topological polar surface area (TPSA) is 33.7 Å². The number of nitrogens with one attached hydrogen (secondary N) is 1. The summed E-state index contributed by atoms with van der Waals surface area (Å²) in [6.45, 7) is 5.19. The Bertz CT molecular complexity index is 448. The van der Waals surface area contributed by atoms with Gasteiger partial charge in [-0.15, -0.1) is 0 Å². The van der Waals surface area contributed by atoms with E-state index in [0.717, 1.165) is 25.4 Å². The van der Waals surface area contributed by atoms with E-state index in [0.29, 0.717) is 5.92 Å². The Kier molecular flexibility index (Phi) is 5.88. The SMILES string of the molecule is CNC(C)c1c(OC)cccc1N1CCCC(COC)C1. The van der Waals surface area contributed by atoms with Crippen LogP contribution in [0.15, 0.2) is 18.2 Å². The van der Waals surface area contributed by atoms with Gasteiger partial charge in [0.05, 0.1) is 13.7 Å². The number of rotatable bonds is 6. The largest absolute Gasteiger partial charge is 0.496 e. The lowest BCUT2D eigenvalue weighted by atomic mass is 9.96. The number of benzene rings is 1. The minimum absolute atomic E-state index is 0.263. The van der Waals surface area contributed by atoms with Crippen LogP contribution in [0.5, 0.6) is 5.75 Å². The van der Waals surface area contributed by atoms with E-state index in [2.05, 4.69) is 29.3 Å². The molecule has 0 saturated carbocycles. The van der Waals surface area contributed by atoms with Gasteiger partial charge >= 0.3 is 0 Å². The average molecular weight is 292 g/mol. The van der Waals surface area contributed by atoms with Crippen molar-refractivity contribution in [2.45, 2.75) is 25.8 Å². The maximum Gasteiger partial charge on any atom is 0.125 e. The molecule has 0 amide bonds. The summed E-state index contributed by atoms with van der Waals surface area (Å²) in [5.41, 5.74) is 2.54. The van der Waals surface area contributed by atoms with Crippen molar-refractivity contribution >= 4 is 5.69 Å². The van der Waals surface area contributed by atoms with Gasteiger partial charge < -0.3 is 19.7 Å². The molecule has 2 unspecified atom stereocenters. The minimum atomic E-state index is 0.263. The van der Waals surface area contributed by atoms with E-state index >= 15 is 0 Å². The Labute approximate surface area is 128 Å². The van der Waals surface area contributed by atoms with Crippen molar-refractivity contribution in [2.75, 3.05) is 45.9 Å². The number of nitrogens with zero attached hydrogens (tertiary/aromatic N) is 1. The smallest absolute Gasteiger partial charge is 0.125 e. The summed E-state index contributed by atoms with van der Waals surface area (Å²) in [5, 5.41) is 3.34. The van der Waals surface area contributed by atoms with Crippen LogP contribution < -0.4 is 15.0 Å². The number of anilines is 1. The fourth-order valence-electron chi connectivity index (χ4n) is 3.22. The molecule has 0 aliphatic carbocycles. The van der Waals surface area contributed by atoms with E-state index in [1.54, 1.807) is 14.2 Å². The van der Waals surface area contributed by atoms with Gasteiger partial charge in [-0.25, -0.2) is 0 Å². The van der Waals surface area contributed by atoms with Gasteiger partial charge in [-0.05, 0) is 44.9 Å². The third kappa shape index (κ3) is 3.69. The third-order valence-corrected chi connectivity index (χ3v) is 4.39. The summed E-state index contributed by atoms with van der Waals surface area (Å²) in [4.78, 5) is 2.48. The molecule has 0 aromatic heterocycles. The normalized spacial score (nSPS) is 20.4. The van der Waals surface area contributed by atoms with Crippen molar-refractivity contribution in [3.05, 3.63) is 23.8 Å². The van der Waals surface area contributed by atoms with Gasteiger partial charge in [0.2, 0.25) is 0 Å². The molecular formula is C17H28N2O2. The minimum Gasteiger partial charge on any atom is -0.496 e. The molecule has 118 valence electrons. The summed E-state index contributed by atoms with van der Waals surface area (Å²) in [6.07, 6.45) is 2.48. The van der Waals surface area contributed by atoms with Crippen LogP contribution in [0.3, 0.4) is 0 Å². The van der Waals surface area contributed by atoms with Crippen LogP contribution in [0.1, 0.15) is 31.4 Å². The van der Waals surface area contributed by atoms with Crippen LogP contribution >= 0.6 is 0 Å². The standard InChI is InChI=1S/C17H28N2O2/c1-13(18-2)17-15(8-5-9-16(17)21-4)19-10-6-7-14(11-19)12-20-3/h5,8-9,13-14,18H,6-7,10-12H2,1-4H3. The number of hydrogen-bond acceptors (Lipinski definition) is 4. The van der Waals surface area contributed by atoms with Crippen molar-refractivity contribution < 1.29 is 9.47 Å². The van der Waals surface area contributed by atoms with Gasteiger partial charge in [-0.1, -0.05) is 6.07 Å². The highest BCUT2D eigenvalue weighted by Crippen LogP contribution is 2.36. The van der Waals surface area contributed by atoms with Gasteiger partial charge in [0.25, 0.3) is 0 Å². The predicted molar refractivity (Wildman–Crippen MR) is 87.3 cm³/mol. The van der Waals surface area contributed by atoms with Crippen molar-refractivity contribution in [1.82, 2.24) is 5.32 Å². The molecule has 4 nitrogen and oxygen atoms in total. The number of methoxy groups -OCH3 is 2. The van der Waals surface area contributed by atoms with E-state index in [4.69, 9.17) is 9.47 Å². The molecule has 1 aromatic rings. The highest BCUT2D eigenvalue weighted by atomic mass is 16.5. The summed E-state index contributed by atoms with van der Waals surface area (Å²) < 4.78 is 10.9. The van der Waals surface area contributed by atoms with E-state index in [9.17, 15) is 0 Å². The molecule has 0 spiro atoms. The van der Waals surface area contributed by atoms with E-state index in [1.165, 1.54) is 24.1 Å². The van der Waals surface area contributed by atoms with Crippen molar-refractivity contribution in [1.29, 1.82) is 0 Å². The number of ether oxygens (including phenoxy) is 2. The lowest BCUT2D eigenvalue weighted by Gasteiger charge is -2.36. The van der Waals surface area contributed by atoms with Gasteiger partial charge in [0, 0.05) is 37.5 Å². The van der Waals surface area contributed by atoms with Crippen molar-refractivity contribution in [3.8, 4) is 5.75 Å². The van der Waals surface area contributed by atoms with E-state index < -0.39 is 0 Å². The molecule has 1 N–H and O–H groups in total. The summed E-state index contributed by atoms with van der Waals surface area (Å²) >= 11 is 0. The monoisotopic (exact) mass is 292 g/mol. The molecule has 4 heteroatoms. The molecule has 0 bridgehead atoms. The Morgan fingerprint density at radius 1 is 1.38 bits per heavy atom. The molecule has 2 atom stereocenters. The molecule has 2 rings (SSSR count). The van der Waals surface area contributed by atoms with Gasteiger partial charge in [-0.2, -0.15) is 0 Å². The molecular weight excluding hydrogens is 264 g/mol. The zero-order valence-electron chi connectivity index (χ0n) is 13.7. The molecule has 1 fully saturated rings. The highest BCUT2D eigenvalue weighted by molar-refractivity contribution is 5.61. The first-order chi connectivity index (χ1) is 10.2. The van der Waals surface area contributed by atoms with E-state index in [1.807, 2.05) is 13.1 Å². The predicted octanol–water partition coefficient (Wildman–Crippen LogP) is 2.84. The van der Waals surface area contributed by atoms with Gasteiger partial charge in [0.15, 0.2) is 0 Å². The molecule has 1 aromatic carbocycles. The number of hydrogen-bond donors (Lipinski definition) is 1. The Balaban J connectivity index is 2.29. The third-order valence-electron chi connectivity index (χ3n) is 4.39.